The molecule has 1 amide bonds. The van der Waals surface area contributed by atoms with E-state index in [1.807, 2.05) is 6.92 Å². The Kier molecular flexibility index (Phi) is 6.49. The second kappa shape index (κ2) is 8.59. The highest BCUT2D eigenvalue weighted by Crippen LogP contribution is 2.14. The molecular formula is C18H24FN3O2. The zero-order chi connectivity index (χ0) is 17.5. The molecule has 1 aromatic carbocycles. The first-order valence-corrected chi connectivity index (χ1v) is 8.26. The molecule has 0 aliphatic rings. The fourth-order valence-corrected chi connectivity index (χ4v) is 2.72. The van der Waals surface area contributed by atoms with Crippen LogP contribution in [0, 0.1) is 18.7 Å². The highest BCUT2D eigenvalue weighted by Gasteiger charge is 2.15. The Morgan fingerprint density at radius 2 is 2.17 bits per heavy atom. The van der Waals surface area contributed by atoms with Crippen LogP contribution >= 0.6 is 0 Å². The van der Waals surface area contributed by atoms with Crippen LogP contribution in [0.25, 0.3) is 5.69 Å². The Labute approximate surface area is 141 Å². The van der Waals surface area contributed by atoms with E-state index in [9.17, 15) is 9.18 Å². The van der Waals surface area contributed by atoms with Crippen molar-refractivity contribution in [2.45, 2.75) is 33.1 Å². The molecule has 0 saturated heterocycles. The van der Waals surface area contributed by atoms with E-state index in [-0.39, 0.29) is 24.2 Å². The molecule has 0 saturated carbocycles. The Morgan fingerprint density at radius 3 is 2.83 bits per heavy atom. The van der Waals surface area contributed by atoms with Gasteiger partial charge in [0.1, 0.15) is 5.82 Å². The summed E-state index contributed by atoms with van der Waals surface area (Å²) in [6, 6.07) is 7.77. The molecule has 2 rings (SSSR count). The predicted molar refractivity (Wildman–Crippen MR) is 90.7 cm³/mol. The fraction of sp³-hybridized carbons (Fsp3) is 0.444. The zero-order valence-electron chi connectivity index (χ0n) is 14.1. The molecule has 0 radical (unpaired) electrons. The van der Waals surface area contributed by atoms with Crippen molar-refractivity contribution in [3.63, 3.8) is 0 Å². The zero-order valence-corrected chi connectivity index (χ0v) is 14.1. The summed E-state index contributed by atoms with van der Waals surface area (Å²) in [5, 5.41) is 16.2. The number of aliphatic hydroxyl groups is 1. The third-order valence-electron chi connectivity index (χ3n) is 3.96. The smallest absolute Gasteiger partial charge is 0.271 e. The van der Waals surface area contributed by atoms with E-state index in [1.165, 1.54) is 12.1 Å². The largest absolute Gasteiger partial charge is 0.396 e. The van der Waals surface area contributed by atoms with Gasteiger partial charge in [0.25, 0.3) is 5.91 Å². The Hall–Kier alpha value is -2.21. The number of hydrogen-bond donors (Lipinski definition) is 2. The monoisotopic (exact) mass is 333 g/mol. The minimum Gasteiger partial charge on any atom is -0.396 e. The average Bonchev–Trinajstić information content (AvgIpc) is 2.95. The number of nitrogens with one attached hydrogen (secondary N) is 1. The van der Waals surface area contributed by atoms with Gasteiger partial charge in [0.15, 0.2) is 5.69 Å². The van der Waals surface area contributed by atoms with Crippen LogP contribution in [0.15, 0.2) is 30.3 Å². The maximum absolute atomic E-state index is 13.4. The first kappa shape index (κ1) is 18.1. The first-order valence-electron chi connectivity index (χ1n) is 8.26. The van der Waals surface area contributed by atoms with E-state index in [4.69, 9.17) is 5.11 Å². The minimum atomic E-state index is -0.347. The molecule has 1 atom stereocenters. The lowest BCUT2D eigenvalue weighted by Crippen LogP contribution is -2.30. The van der Waals surface area contributed by atoms with Crippen molar-refractivity contribution < 1.29 is 14.3 Å². The molecule has 130 valence electrons. The van der Waals surface area contributed by atoms with Crippen molar-refractivity contribution in [3.05, 3.63) is 47.5 Å². The van der Waals surface area contributed by atoms with Crippen molar-refractivity contribution in [1.29, 1.82) is 0 Å². The van der Waals surface area contributed by atoms with E-state index in [1.54, 1.807) is 22.9 Å². The number of aryl methyl sites for hydroxylation is 1. The van der Waals surface area contributed by atoms with Crippen LogP contribution in [0.5, 0.6) is 0 Å². The van der Waals surface area contributed by atoms with E-state index >= 15 is 0 Å². The highest BCUT2D eigenvalue weighted by atomic mass is 19.1. The number of nitrogens with zero attached hydrogens (tertiary/aromatic N) is 2. The number of amides is 1. The highest BCUT2D eigenvalue weighted by molar-refractivity contribution is 5.92. The third-order valence-corrected chi connectivity index (χ3v) is 3.96. The van der Waals surface area contributed by atoms with Gasteiger partial charge >= 0.3 is 0 Å². The van der Waals surface area contributed by atoms with Crippen LogP contribution in [0.2, 0.25) is 0 Å². The topological polar surface area (TPSA) is 67.2 Å². The molecule has 2 N–H and O–H groups in total. The SMILES string of the molecule is CCCC(CCO)CNC(=O)c1cc(C)n(-c2cccc(F)c2)n1. The number of benzene rings is 1. The van der Waals surface area contributed by atoms with E-state index in [0.29, 0.717) is 24.3 Å². The summed E-state index contributed by atoms with van der Waals surface area (Å²) in [6.45, 7) is 4.53. The summed E-state index contributed by atoms with van der Waals surface area (Å²) < 4.78 is 14.9. The number of rotatable bonds is 8. The standard InChI is InChI=1S/C18H24FN3O2/c1-3-5-14(8-9-23)12-20-18(24)17-10-13(2)22(21-17)16-7-4-6-15(19)11-16/h4,6-7,10-11,14,23H,3,5,8-9,12H2,1-2H3,(H,20,24). The van der Waals surface area contributed by atoms with Gasteiger partial charge in [0, 0.05) is 18.8 Å². The molecular weight excluding hydrogens is 309 g/mol. The molecule has 0 fully saturated rings. The van der Waals surface area contributed by atoms with E-state index in [0.717, 1.165) is 18.5 Å². The second-order valence-electron chi connectivity index (χ2n) is 5.94. The van der Waals surface area contributed by atoms with Crippen LogP contribution in [0.3, 0.4) is 0 Å². The summed E-state index contributed by atoms with van der Waals surface area (Å²) >= 11 is 0. The Balaban J connectivity index is 2.07. The maximum atomic E-state index is 13.4. The Morgan fingerprint density at radius 1 is 1.38 bits per heavy atom. The summed E-state index contributed by atoms with van der Waals surface area (Å²) in [5.74, 6) is -0.345. The maximum Gasteiger partial charge on any atom is 0.271 e. The van der Waals surface area contributed by atoms with Crippen molar-refractivity contribution in [1.82, 2.24) is 15.1 Å². The first-order chi connectivity index (χ1) is 11.5. The normalized spacial score (nSPS) is 12.2. The van der Waals surface area contributed by atoms with Gasteiger partial charge in [-0.3, -0.25) is 4.79 Å². The van der Waals surface area contributed by atoms with Crippen molar-refractivity contribution in [2.24, 2.45) is 5.92 Å². The van der Waals surface area contributed by atoms with Gasteiger partial charge in [-0.05, 0) is 49.9 Å². The number of carbonyl (C=O) groups is 1. The number of aliphatic hydroxyl groups excluding tert-OH is 1. The molecule has 5 nitrogen and oxygen atoms in total. The quantitative estimate of drug-likeness (QED) is 0.780. The van der Waals surface area contributed by atoms with Crippen LogP contribution in [-0.4, -0.2) is 33.9 Å². The van der Waals surface area contributed by atoms with Gasteiger partial charge < -0.3 is 10.4 Å². The van der Waals surface area contributed by atoms with Gasteiger partial charge in [-0.15, -0.1) is 0 Å². The van der Waals surface area contributed by atoms with Crippen molar-refractivity contribution in [2.75, 3.05) is 13.2 Å². The van der Waals surface area contributed by atoms with Crippen LogP contribution < -0.4 is 5.32 Å². The van der Waals surface area contributed by atoms with Gasteiger partial charge in [0.2, 0.25) is 0 Å². The number of halogens is 1. The lowest BCUT2D eigenvalue weighted by Gasteiger charge is -2.15. The average molecular weight is 333 g/mol. The van der Waals surface area contributed by atoms with Gasteiger partial charge in [0.05, 0.1) is 5.69 Å². The molecule has 6 heteroatoms. The Bertz CT molecular complexity index is 679. The van der Waals surface area contributed by atoms with Crippen LogP contribution in [0.4, 0.5) is 4.39 Å². The van der Waals surface area contributed by atoms with Gasteiger partial charge in [-0.1, -0.05) is 19.4 Å². The second-order valence-corrected chi connectivity index (χ2v) is 5.94. The fourth-order valence-electron chi connectivity index (χ4n) is 2.72. The number of hydrogen-bond acceptors (Lipinski definition) is 3. The lowest BCUT2D eigenvalue weighted by molar-refractivity contribution is 0.0937. The lowest BCUT2D eigenvalue weighted by atomic mass is 10.0. The molecule has 1 aromatic heterocycles. The molecule has 0 aliphatic heterocycles. The molecule has 0 aliphatic carbocycles. The predicted octanol–water partition coefficient (Wildman–Crippen LogP) is 2.85. The van der Waals surface area contributed by atoms with Crippen molar-refractivity contribution in [3.8, 4) is 5.69 Å². The van der Waals surface area contributed by atoms with Crippen LogP contribution in [-0.2, 0) is 0 Å². The number of aromatic nitrogens is 2. The van der Waals surface area contributed by atoms with Crippen molar-refractivity contribution >= 4 is 5.91 Å². The molecule has 0 bridgehead atoms. The van der Waals surface area contributed by atoms with Crippen LogP contribution in [0.1, 0.15) is 42.4 Å². The number of carbonyl (C=O) groups excluding carboxylic acids is 1. The van der Waals surface area contributed by atoms with Gasteiger partial charge in [-0.2, -0.15) is 5.10 Å². The van der Waals surface area contributed by atoms with E-state index in [2.05, 4.69) is 17.3 Å². The summed E-state index contributed by atoms with van der Waals surface area (Å²) in [6.07, 6.45) is 2.64. The molecule has 2 aromatic rings. The molecule has 1 heterocycles. The van der Waals surface area contributed by atoms with Gasteiger partial charge in [-0.25, -0.2) is 9.07 Å². The molecule has 1 unspecified atom stereocenters. The third kappa shape index (κ3) is 4.64. The molecule has 0 spiro atoms. The minimum absolute atomic E-state index is 0.119. The summed E-state index contributed by atoms with van der Waals surface area (Å²) in [7, 11) is 0. The molecule has 24 heavy (non-hydrogen) atoms. The van der Waals surface area contributed by atoms with E-state index < -0.39 is 0 Å². The summed E-state index contributed by atoms with van der Waals surface area (Å²) in [5.41, 5.74) is 1.64. The summed E-state index contributed by atoms with van der Waals surface area (Å²) in [4.78, 5) is 12.3.